The molecule has 2 aromatic rings. The summed E-state index contributed by atoms with van der Waals surface area (Å²) in [5.74, 6) is -0.651. The number of rotatable bonds is 5. The van der Waals surface area contributed by atoms with Gasteiger partial charge in [-0.3, -0.25) is 0 Å². The van der Waals surface area contributed by atoms with Gasteiger partial charge in [-0.05, 0) is 30.2 Å². The van der Waals surface area contributed by atoms with Gasteiger partial charge in [-0.15, -0.1) is 0 Å². The summed E-state index contributed by atoms with van der Waals surface area (Å²) < 4.78 is 40.7. The maximum Gasteiger partial charge on any atom is 0.241 e. The van der Waals surface area contributed by atoms with Gasteiger partial charge in [0.1, 0.15) is 5.82 Å². The molecule has 2 rings (SSSR count). The summed E-state index contributed by atoms with van der Waals surface area (Å²) in [5, 5.41) is 9.07. The molecule has 4 nitrogen and oxygen atoms in total. The molecule has 6 heteroatoms. The van der Waals surface area contributed by atoms with E-state index >= 15 is 0 Å². The molecule has 21 heavy (non-hydrogen) atoms. The zero-order chi connectivity index (χ0) is 15.5. The molecule has 0 aromatic heterocycles. The zero-order valence-electron chi connectivity index (χ0n) is 11.5. The lowest BCUT2D eigenvalue weighted by Gasteiger charge is -2.11. The Balaban J connectivity index is 2.29. The summed E-state index contributed by atoms with van der Waals surface area (Å²) in [6.07, 6.45) is 0. The van der Waals surface area contributed by atoms with Crippen molar-refractivity contribution in [1.29, 1.82) is 0 Å². The molecule has 112 valence electrons. The molecule has 0 aliphatic rings. The molecule has 0 bridgehead atoms. The van der Waals surface area contributed by atoms with Crippen LogP contribution in [0, 0.1) is 12.7 Å². The van der Waals surface area contributed by atoms with Crippen LogP contribution in [-0.2, 0) is 23.2 Å². The van der Waals surface area contributed by atoms with Crippen LogP contribution in [0.1, 0.15) is 16.7 Å². The lowest BCUT2D eigenvalue weighted by Crippen LogP contribution is -2.24. The van der Waals surface area contributed by atoms with Crippen LogP contribution in [0.3, 0.4) is 0 Å². The summed E-state index contributed by atoms with van der Waals surface area (Å²) in [6.45, 7) is 1.10. The van der Waals surface area contributed by atoms with Crippen molar-refractivity contribution in [3.8, 4) is 0 Å². The number of sulfonamides is 1. The topological polar surface area (TPSA) is 66.4 Å². The van der Waals surface area contributed by atoms with E-state index in [2.05, 4.69) is 4.72 Å². The molecule has 0 radical (unpaired) electrons. The van der Waals surface area contributed by atoms with E-state index in [1.54, 1.807) is 24.3 Å². The number of halogens is 1. The van der Waals surface area contributed by atoms with Gasteiger partial charge in [0, 0.05) is 12.1 Å². The number of hydrogen-bond donors (Lipinski definition) is 2. The summed E-state index contributed by atoms with van der Waals surface area (Å²) in [5.41, 5.74) is 1.06. The van der Waals surface area contributed by atoms with Crippen molar-refractivity contribution in [2.24, 2.45) is 0 Å². The molecule has 0 saturated carbocycles. The molecular formula is C15H16FNO3S. The second kappa shape index (κ2) is 6.34. The highest BCUT2D eigenvalue weighted by molar-refractivity contribution is 7.89. The molecule has 0 atom stereocenters. The molecule has 2 aromatic carbocycles. The second-order valence-corrected chi connectivity index (χ2v) is 6.40. The minimum Gasteiger partial charge on any atom is -0.392 e. The summed E-state index contributed by atoms with van der Waals surface area (Å²) in [7, 11) is -3.85. The molecule has 0 amide bonds. The molecule has 0 aliphatic heterocycles. The quantitative estimate of drug-likeness (QED) is 0.889. The van der Waals surface area contributed by atoms with Gasteiger partial charge in [0.25, 0.3) is 0 Å². The van der Waals surface area contributed by atoms with Crippen molar-refractivity contribution in [1.82, 2.24) is 4.72 Å². The number of aliphatic hydroxyl groups is 1. The number of benzene rings is 2. The Morgan fingerprint density at radius 2 is 1.81 bits per heavy atom. The van der Waals surface area contributed by atoms with E-state index in [1.807, 2.05) is 6.07 Å². The first-order valence-electron chi connectivity index (χ1n) is 6.37. The Hall–Kier alpha value is -1.76. The summed E-state index contributed by atoms with van der Waals surface area (Å²) in [4.78, 5) is -0.150. The predicted octanol–water partition coefficient (Wildman–Crippen LogP) is 2.10. The lowest BCUT2D eigenvalue weighted by molar-refractivity contribution is 0.281. The summed E-state index contributed by atoms with van der Waals surface area (Å²) >= 11 is 0. The number of nitrogens with one attached hydrogen (secondary N) is 1. The van der Waals surface area contributed by atoms with Gasteiger partial charge in [0.15, 0.2) is 0 Å². The average molecular weight is 309 g/mol. The molecule has 0 aliphatic carbocycles. The Kier molecular flexibility index (Phi) is 4.72. The molecule has 0 spiro atoms. The predicted molar refractivity (Wildman–Crippen MR) is 77.5 cm³/mol. The average Bonchev–Trinajstić information content (AvgIpc) is 2.48. The van der Waals surface area contributed by atoms with E-state index in [4.69, 9.17) is 5.11 Å². The monoisotopic (exact) mass is 309 g/mol. The Morgan fingerprint density at radius 1 is 1.14 bits per heavy atom. The molecule has 0 heterocycles. The minimum absolute atomic E-state index is 0.0350. The van der Waals surface area contributed by atoms with Gasteiger partial charge >= 0.3 is 0 Å². The SMILES string of the molecule is Cc1c(F)cc(CO)cc1S(=O)(=O)NCc1ccccc1. The largest absolute Gasteiger partial charge is 0.392 e. The maximum atomic E-state index is 13.7. The molecular weight excluding hydrogens is 293 g/mol. The highest BCUT2D eigenvalue weighted by Crippen LogP contribution is 2.21. The van der Waals surface area contributed by atoms with Crippen molar-refractivity contribution in [3.63, 3.8) is 0 Å². The first-order chi connectivity index (χ1) is 9.94. The van der Waals surface area contributed by atoms with E-state index in [1.165, 1.54) is 13.0 Å². The van der Waals surface area contributed by atoms with Crippen molar-refractivity contribution in [2.45, 2.75) is 25.0 Å². The van der Waals surface area contributed by atoms with Gasteiger partial charge < -0.3 is 5.11 Å². The van der Waals surface area contributed by atoms with Crippen LogP contribution < -0.4 is 4.72 Å². The summed E-state index contributed by atoms with van der Waals surface area (Å²) in [6, 6.07) is 11.4. The van der Waals surface area contributed by atoms with E-state index in [0.717, 1.165) is 11.6 Å². The Bertz CT molecular complexity index is 730. The fraction of sp³-hybridized carbons (Fsp3) is 0.200. The van der Waals surface area contributed by atoms with Crippen molar-refractivity contribution >= 4 is 10.0 Å². The number of aliphatic hydroxyl groups excluding tert-OH is 1. The zero-order valence-corrected chi connectivity index (χ0v) is 12.3. The van der Waals surface area contributed by atoms with Crippen LogP contribution in [0.5, 0.6) is 0 Å². The van der Waals surface area contributed by atoms with E-state index in [9.17, 15) is 12.8 Å². The molecule has 0 unspecified atom stereocenters. The fourth-order valence-corrected chi connectivity index (χ4v) is 3.25. The third-order valence-corrected chi connectivity index (χ3v) is 4.67. The highest BCUT2D eigenvalue weighted by atomic mass is 32.2. The fourth-order valence-electron chi connectivity index (χ4n) is 1.93. The van der Waals surface area contributed by atoms with E-state index < -0.39 is 22.4 Å². The van der Waals surface area contributed by atoms with Crippen molar-refractivity contribution < 1.29 is 17.9 Å². The first-order valence-corrected chi connectivity index (χ1v) is 7.86. The van der Waals surface area contributed by atoms with Crippen molar-refractivity contribution in [3.05, 3.63) is 65.0 Å². The Morgan fingerprint density at radius 3 is 2.43 bits per heavy atom. The third kappa shape index (κ3) is 3.66. The standard InChI is InChI=1S/C15H16FNO3S/c1-11-14(16)7-13(10-18)8-15(11)21(19,20)17-9-12-5-3-2-4-6-12/h2-8,17-18H,9-10H2,1H3. The van der Waals surface area contributed by atoms with E-state index in [-0.39, 0.29) is 22.6 Å². The first kappa shape index (κ1) is 15.6. The van der Waals surface area contributed by atoms with Gasteiger partial charge in [-0.1, -0.05) is 30.3 Å². The van der Waals surface area contributed by atoms with Crippen LogP contribution in [0.4, 0.5) is 4.39 Å². The van der Waals surface area contributed by atoms with Crippen LogP contribution in [0.25, 0.3) is 0 Å². The maximum absolute atomic E-state index is 13.7. The van der Waals surface area contributed by atoms with Crippen LogP contribution in [0.2, 0.25) is 0 Å². The van der Waals surface area contributed by atoms with Gasteiger partial charge in [0.05, 0.1) is 11.5 Å². The number of hydrogen-bond acceptors (Lipinski definition) is 3. The van der Waals surface area contributed by atoms with E-state index in [0.29, 0.717) is 0 Å². The van der Waals surface area contributed by atoms with Crippen molar-refractivity contribution in [2.75, 3.05) is 0 Å². The molecule has 0 saturated heterocycles. The van der Waals surface area contributed by atoms with Crippen LogP contribution in [-0.4, -0.2) is 13.5 Å². The van der Waals surface area contributed by atoms with Gasteiger partial charge in [-0.25, -0.2) is 17.5 Å². The lowest BCUT2D eigenvalue weighted by atomic mass is 10.1. The molecule has 0 fully saturated rings. The van der Waals surface area contributed by atoms with Gasteiger partial charge in [0.2, 0.25) is 10.0 Å². The Labute approximate surface area is 123 Å². The van der Waals surface area contributed by atoms with Crippen LogP contribution in [0.15, 0.2) is 47.4 Å². The van der Waals surface area contributed by atoms with Gasteiger partial charge in [-0.2, -0.15) is 0 Å². The smallest absolute Gasteiger partial charge is 0.241 e. The third-order valence-electron chi connectivity index (χ3n) is 3.14. The second-order valence-electron chi connectivity index (χ2n) is 4.67. The minimum atomic E-state index is -3.85. The normalized spacial score (nSPS) is 11.6. The van der Waals surface area contributed by atoms with Crippen LogP contribution >= 0.6 is 0 Å². The highest BCUT2D eigenvalue weighted by Gasteiger charge is 2.19. The molecule has 2 N–H and O–H groups in total.